The van der Waals surface area contributed by atoms with Crippen LogP contribution >= 0.6 is 15.9 Å². The second-order valence-electron chi connectivity index (χ2n) is 5.45. The summed E-state index contributed by atoms with van der Waals surface area (Å²) in [5, 5.41) is 0. The van der Waals surface area contributed by atoms with Crippen molar-refractivity contribution in [1.82, 2.24) is 9.62 Å². The topological polar surface area (TPSA) is 58.6 Å². The van der Waals surface area contributed by atoms with Crippen molar-refractivity contribution in [2.75, 3.05) is 33.3 Å². The zero-order valence-corrected chi connectivity index (χ0v) is 15.2. The highest BCUT2D eigenvalue weighted by molar-refractivity contribution is 9.10. The molecule has 1 saturated heterocycles. The first kappa shape index (κ1) is 17.7. The van der Waals surface area contributed by atoms with Crippen molar-refractivity contribution in [2.45, 2.75) is 30.6 Å². The van der Waals surface area contributed by atoms with E-state index >= 15 is 0 Å². The van der Waals surface area contributed by atoms with Crippen molar-refractivity contribution in [3.8, 4) is 5.75 Å². The molecule has 0 amide bonds. The van der Waals surface area contributed by atoms with E-state index in [2.05, 4.69) is 25.6 Å². The van der Waals surface area contributed by atoms with Crippen LogP contribution in [0.1, 0.15) is 25.7 Å². The van der Waals surface area contributed by atoms with Gasteiger partial charge in [0.1, 0.15) is 5.75 Å². The Morgan fingerprint density at radius 1 is 1.23 bits per heavy atom. The number of nitrogens with one attached hydrogen (secondary N) is 1. The maximum absolute atomic E-state index is 12.3. The maximum Gasteiger partial charge on any atom is 0.240 e. The van der Waals surface area contributed by atoms with Crippen LogP contribution in [0.25, 0.3) is 0 Å². The van der Waals surface area contributed by atoms with Crippen LogP contribution in [0.5, 0.6) is 5.75 Å². The Morgan fingerprint density at radius 3 is 2.50 bits per heavy atom. The van der Waals surface area contributed by atoms with E-state index in [1.54, 1.807) is 25.3 Å². The van der Waals surface area contributed by atoms with Crippen molar-refractivity contribution in [3.05, 3.63) is 22.7 Å². The van der Waals surface area contributed by atoms with Crippen LogP contribution in [0.3, 0.4) is 0 Å². The quantitative estimate of drug-likeness (QED) is 0.810. The Balaban J connectivity index is 1.91. The first-order valence-corrected chi connectivity index (χ1v) is 9.86. The molecule has 1 aliphatic heterocycles. The molecule has 7 heteroatoms. The van der Waals surface area contributed by atoms with Gasteiger partial charge in [0.05, 0.1) is 16.5 Å². The molecule has 0 atom stereocenters. The van der Waals surface area contributed by atoms with Crippen LogP contribution in [0.15, 0.2) is 27.6 Å². The Morgan fingerprint density at radius 2 is 1.91 bits per heavy atom. The number of ether oxygens (including phenoxy) is 1. The molecule has 124 valence electrons. The van der Waals surface area contributed by atoms with E-state index in [0.29, 0.717) is 16.8 Å². The van der Waals surface area contributed by atoms with Crippen LogP contribution in [-0.4, -0.2) is 46.6 Å². The minimum Gasteiger partial charge on any atom is -0.496 e. The zero-order valence-electron chi connectivity index (χ0n) is 12.8. The normalized spacial score (nSPS) is 17.2. The molecule has 0 radical (unpaired) electrons. The van der Waals surface area contributed by atoms with Crippen molar-refractivity contribution in [2.24, 2.45) is 0 Å². The third kappa shape index (κ3) is 4.94. The van der Waals surface area contributed by atoms with Crippen molar-refractivity contribution in [1.29, 1.82) is 0 Å². The van der Waals surface area contributed by atoms with Crippen LogP contribution in [0.2, 0.25) is 0 Å². The molecule has 0 aliphatic carbocycles. The van der Waals surface area contributed by atoms with Gasteiger partial charge in [-0.2, -0.15) is 0 Å². The smallest absolute Gasteiger partial charge is 0.240 e. The van der Waals surface area contributed by atoms with E-state index < -0.39 is 10.0 Å². The van der Waals surface area contributed by atoms with E-state index in [9.17, 15) is 8.42 Å². The van der Waals surface area contributed by atoms with Gasteiger partial charge in [-0.1, -0.05) is 12.8 Å². The zero-order chi connectivity index (χ0) is 16.0. The molecule has 1 aliphatic rings. The van der Waals surface area contributed by atoms with E-state index in [4.69, 9.17) is 4.74 Å². The fraction of sp³-hybridized carbons (Fsp3) is 0.600. The van der Waals surface area contributed by atoms with E-state index in [-0.39, 0.29) is 4.90 Å². The Bertz CT molecular complexity index is 584. The number of nitrogens with zero attached hydrogens (tertiary/aromatic N) is 1. The lowest BCUT2D eigenvalue weighted by Crippen LogP contribution is -2.35. The van der Waals surface area contributed by atoms with E-state index in [0.717, 1.165) is 19.6 Å². The van der Waals surface area contributed by atoms with Gasteiger partial charge in [0.15, 0.2) is 0 Å². The lowest BCUT2D eigenvalue weighted by Gasteiger charge is -2.19. The van der Waals surface area contributed by atoms with Gasteiger partial charge in [0.2, 0.25) is 10.0 Å². The minimum atomic E-state index is -3.48. The molecule has 5 nitrogen and oxygen atoms in total. The SMILES string of the molecule is COc1ccc(S(=O)(=O)NCCN2CCCCCC2)cc1Br. The monoisotopic (exact) mass is 390 g/mol. The van der Waals surface area contributed by atoms with E-state index in [1.807, 2.05) is 0 Å². The summed E-state index contributed by atoms with van der Waals surface area (Å²) in [6.45, 7) is 3.33. The summed E-state index contributed by atoms with van der Waals surface area (Å²) in [4.78, 5) is 2.58. The molecule has 1 aromatic rings. The second kappa shape index (κ2) is 8.29. The van der Waals surface area contributed by atoms with Crippen molar-refractivity contribution in [3.63, 3.8) is 0 Å². The average Bonchev–Trinajstić information content (AvgIpc) is 2.76. The molecule has 1 N–H and O–H groups in total. The summed E-state index contributed by atoms with van der Waals surface area (Å²) < 4.78 is 33.0. The molecule has 0 spiro atoms. The number of methoxy groups -OCH3 is 1. The molecule has 2 rings (SSSR count). The fourth-order valence-electron chi connectivity index (χ4n) is 2.60. The van der Waals surface area contributed by atoms with Gasteiger partial charge < -0.3 is 9.64 Å². The highest BCUT2D eigenvalue weighted by Gasteiger charge is 2.16. The van der Waals surface area contributed by atoms with Gasteiger partial charge in [0, 0.05) is 13.1 Å². The molecule has 1 heterocycles. The fourth-order valence-corrected chi connectivity index (χ4v) is 4.33. The van der Waals surface area contributed by atoms with Gasteiger partial charge in [0.25, 0.3) is 0 Å². The van der Waals surface area contributed by atoms with Gasteiger partial charge in [-0.25, -0.2) is 13.1 Å². The number of likely N-dealkylation sites (tertiary alicyclic amines) is 1. The summed E-state index contributed by atoms with van der Waals surface area (Å²) in [5.74, 6) is 0.614. The van der Waals surface area contributed by atoms with Crippen molar-refractivity contribution >= 4 is 26.0 Å². The summed E-state index contributed by atoms with van der Waals surface area (Å²) >= 11 is 3.31. The highest BCUT2D eigenvalue weighted by Crippen LogP contribution is 2.27. The van der Waals surface area contributed by atoms with Crippen LogP contribution in [0.4, 0.5) is 0 Å². The second-order valence-corrected chi connectivity index (χ2v) is 8.07. The summed E-state index contributed by atoms with van der Waals surface area (Å²) in [6.07, 6.45) is 4.97. The third-order valence-electron chi connectivity index (χ3n) is 3.85. The number of hydrogen-bond acceptors (Lipinski definition) is 4. The third-order valence-corrected chi connectivity index (χ3v) is 5.93. The summed E-state index contributed by atoms with van der Waals surface area (Å²) in [6, 6.07) is 4.76. The molecule has 0 saturated carbocycles. The van der Waals surface area contributed by atoms with Crippen molar-refractivity contribution < 1.29 is 13.2 Å². The highest BCUT2D eigenvalue weighted by atomic mass is 79.9. The maximum atomic E-state index is 12.3. The largest absolute Gasteiger partial charge is 0.496 e. The Labute approximate surface area is 141 Å². The number of hydrogen-bond donors (Lipinski definition) is 1. The molecule has 1 fully saturated rings. The molecule has 0 bridgehead atoms. The summed E-state index contributed by atoms with van der Waals surface area (Å²) in [7, 11) is -1.93. The van der Waals surface area contributed by atoms with E-state index in [1.165, 1.54) is 25.7 Å². The number of benzene rings is 1. The molecular formula is C15H23BrN2O3S. The summed E-state index contributed by atoms with van der Waals surface area (Å²) in [5.41, 5.74) is 0. The molecule has 22 heavy (non-hydrogen) atoms. The lowest BCUT2D eigenvalue weighted by atomic mass is 10.2. The van der Waals surface area contributed by atoms with Crippen LogP contribution < -0.4 is 9.46 Å². The van der Waals surface area contributed by atoms with Gasteiger partial charge in [-0.05, 0) is 60.1 Å². The number of halogens is 1. The Kier molecular flexibility index (Phi) is 6.67. The molecular weight excluding hydrogens is 368 g/mol. The first-order chi connectivity index (χ1) is 10.5. The Hall–Kier alpha value is -0.630. The standard InChI is InChI=1S/C15H23BrN2O3S/c1-21-15-7-6-13(12-14(15)16)22(19,20)17-8-11-18-9-4-2-3-5-10-18/h6-7,12,17H,2-5,8-11H2,1H3. The number of sulfonamides is 1. The van der Waals surface area contributed by atoms with Gasteiger partial charge in [-0.3, -0.25) is 0 Å². The predicted octanol–water partition coefficient (Wildman–Crippen LogP) is 2.61. The number of rotatable bonds is 6. The van der Waals surface area contributed by atoms with Crippen LogP contribution in [-0.2, 0) is 10.0 Å². The molecule has 0 unspecified atom stereocenters. The predicted molar refractivity (Wildman–Crippen MR) is 90.8 cm³/mol. The average molecular weight is 391 g/mol. The van der Waals surface area contributed by atoms with Gasteiger partial charge in [-0.15, -0.1) is 0 Å². The molecule has 1 aromatic carbocycles. The first-order valence-electron chi connectivity index (χ1n) is 7.58. The molecule has 0 aromatic heterocycles. The minimum absolute atomic E-state index is 0.246. The van der Waals surface area contributed by atoms with Gasteiger partial charge >= 0.3 is 0 Å². The van der Waals surface area contributed by atoms with Crippen LogP contribution in [0, 0.1) is 0 Å². The lowest BCUT2D eigenvalue weighted by molar-refractivity contribution is 0.290.